The summed E-state index contributed by atoms with van der Waals surface area (Å²) in [6, 6.07) is 9.44. The minimum absolute atomic E-state index is 0.00593. The second-order valence-corrected chi connectivity index (χ2v) is 9.59. The number of rotatable bonds is 8. The number of oxazole rings is 1. The summed E-state index contributed by atoms with van der Waals surface area (Å²) < 4.78 is 44.7. The van der Waals surface area contributed by atoms with Crippen LogP contribution in [-0.4, -0.2) is 60.2 Å². The van der Waals surface area contributed by atoms with E-state index in [0.717, 1.165) is 43.7 Å². The summed E-state index contributed by atoms with van der Waals surface area (Å²) in [4.78, 5) is 15.9. The maximum atomic E-state index is 15.3. The Bertz CT molecular complexity index is 1440. The van der Waals surface area contributed by atoms with Crippen molar-refractivity contribution in [1.82, 2.24) is 20.3 Å². The zero-order valence-corrected chi connectivity index (χ0v) is 20.2. The molecule has 1 saturated heterocycles. The second kappa shape index (κ2) is 8.94. The predicted molar refractivity (Wildman–Crippen MR) is 131 cm³/mol. The van der Waals surface area contributed by atoms with E-state index in [9.17, 15) is 4.39 Å². The highest BCUT2D eigenvalue weighted by molar-refractivity contribution is 5.87. The highest BCUT2D eigenvalue weighted by Crippen LogP contribution is 2.39. The summed E-state index contributed by atoms with van der Waals surface area (Å²) in [7, 11) is 1.47. The van der Waals surface area contributed by atoms with E-state index in [4.69, 9.17) is 23.9 Å². The van der Waals surface area contributed by atoms with Crippen LogP contribution in [0.5, 0.6) is 5.75 Å². The lowest BCUT2D eigenvalue weighted by Crippen LogP contribution is -2.43. The van der Waals surface area contributed by atoms with Crippen LogP contribution in [0, 0.1) is 12.7 Å². The summed E-state index contributed by atoms with van der Waals surface area (Å²) in [5.74, 6) is 0.606. The molecule has 1 aromatic carbocycles. The van der Waals surface area contributed by atoms with Gasteiger partial charge in [0.1, 0.15) is 18.0 Å². The molecule has 1 aliphatic heterocycles. The Morgan fingerprint density at radius 2 is 1.97 bits per heavy atom. The lowest BCUT2D eigenvalue weighted by Gasteiger charge is -2.21. The average molecular weight is 496 g/mol. The van der Waals surface area contributed by atoms with Crippen molar-refractivity contribution in [2.24, 2.45) is 0 Å². The van der Waals surface area contributed by atoms with Crippen LogP contribution in [0.4, 0.5) is 14.6 Å². The predicted octanol–water partition coefficient (Wildman–Crippen LogP) is 4.54. The van der Waals surface area contributed by atoms with E-state index in [-0.39, 0.29) is 36.3 Å². The van der Waals surface area contributed by atoms with Gasteiger partial charge in [-0.2, -0.15) is 0 Å². The Morgan fingerprint density at radius 1 is 1.17 bits per heavy atom. The average Bonchev–Trinajstić information content (AvgIpc) is 3.32. The van der Waals surface area contributed by atoms with Gasteiger partial charge in [0, 0.05) is 44.3 Å². The summed E-state index contributed by atoms with van der Waals surface area (Å²) in [5.41, 5.74) is 2.48. The van der Waals surface area contributed by atoms with Crippen LogP contribution in [0.3, 0.4) is 0 Å². The quantitative estimate of drug-likeness (QED) is 0.357. The van der Waals surface area contributed by atoms with Gasteiger partial charge in [0.25, 0.3) is 0 Å². The van der Waals surface area contributed by atoms with Crippen molar-refractivity contribution in [2.45, 2.75) is 37.8 Å². The standard InChI is InChI=1S/C26H27F2N5O3/c1-15-29-24-21(36-15)11-17(25(23(24)28)35-14-34-2)18-3-4-20-19(30-18)5-6-22(31-20)33-10-7-16(12-33)32-26(13-27)8-9-26/h3-6,11,16,32H,7-10,12-14H2,1-2H3/t16-/m0/s1. The molecule has 6 rings (SSSR count). The van der Waals surface area contributed by atoms with Gasteiger partial charge in [0.2, 0.25) is 0 Å². The molecule has 4 heterocycles. The van der Waals surface area contributed by atoms with Crippen molar-refractivity contribution in [3.63, 3.8) is 0 Å². The molecule has 1 N–H and O–H groups in total. The molecule has 1 saturated carbocycles. The lowest BCUT2D eigenvalue weighted by molar-refractivity contribution is 0.0489. The molecule has 8 nitrogen and oxygen atoms in total. The van der Waals surface area contributed by atoms with Crippen LogP contribution < -0.4 is 15.0 Å². The fraction of sp³-hybridized carbons (Fsp3) is 0.423. The molecule has 4 aromatic rings. The van der Waals surface area contributed by atoms with Gasteiger partial charge in [-0.1, -0.05) is 0 Å². The fourth-order valence-corrected chi connectivity index (χ4v) is 4.88. The van der Waals surface area contributed by atoms with Gasteiger partial charge in [-0.3, -0.25) is 0 Å². The van der Waals surface area contributed by atoms with Crippen molar-refractivity contribution in [3.05, 3.63) is 42.0 Å². The summed E-state index contributed by atoms with van der Waals surface area (Å²) in [6.07, 6.45) is 2.78. The van der Waals surface area contributed by atoms with E-state index in [2.05, 4.69) is 15.2 Å². The smallest absolute Gasteiger partial charge is 0.195 e. The Morgan fingerprint density at radius 3 is 2.75 bits per heavy atom. The van der Waals surface area contributed by atoms with E-state index in [0.29, 0.717) is 28.2 Å². The topological polar surface area (TPSA) is 85.5 Å². The maximum Gasteiger partial charge on any atom is 0.195 e. The first-order valence-electron chi connectivity index (χ1n) is 12.1. The number of nitrogens with zero attached hydrogens (tertiary/aromatic N) is 4. The number of aryl methyl sites for hydroxylation is 1. The summed E-state index contributed by atoms with van der Waals surface area (Å²) >= 11 is 0. The lowest BCUT2D eigenvalue weighted by atomic mass is 10.1. The zero-order chi connectivity index (χ0) is 24.9. The SMILES string of the molecule is COCOc1c(-c2ccc3nc(N4CC[C@H](NC5(CF)CC5)C4)ccc3n2)cc2oc(C)nc2c1F. The zero-order valence-electron chi connectivity index (χ0n) is 20.2. The van der Waals surface area contributed by atoms with Gasteiger partial charge < -0.3 is 24.1 Å². The number of nitrogens with one attached hydrogen (secondary N) is 1. The summed E-state index contributed by atoms with van der Waals surface area (Å²) in [5, 5.41) is 3.50. The van der Waals surface area contributed by atoms with Crippen molar-refractivity contribution >= 4 is 28.0 Å². The number of aromatic nitrogens is 3. The first-order chi connectivity index (χ1) is 17.5. The van der Waals surface area contributed by atoms with Gasteiger partial charge in [-0.25, -0.2) is 23.7 Å². The Hall–Kier alpha value is -3.37. The molecule has 0 unspecified atom stereocenters. The van der Waals surface area contributed by atoms with Crippen LogP contribution in [-0.2, 0) is 4.74 Å². The number of ether oxygens (including phenoxy) is 2. The molecular formula is C26H27F2N5O3. The molecule has 10 heteroatoms. The first-order valence-corrected chi connectivity index (χ1v) is 12.1. The molecule has 1 atom stereocenters. The number of methoxy groups -OCH3 is 1. The molecule has 0 radical (unpaired) electrons. The number of halogens is 2. The van der Waals surface area contributed by atoms with Gasteiger partial charge in [-0.15, -0.1) is 0 Å². The Balaban J connectivity index is 1.30. The third-order valence-electron chi connectivity index (χ3n) is 6.94. The minimum atomic E-state index is -0.621. The van der Waals surface area contributed by atoms with E-state index >= 15 is 4.39 Å². The van der Waals surface area contributed by atoms with Crippen molar-refractivity contribution in [2.75, 3.05) is 38.6 Å². The van der Waals surface area contributed by atoms with E-state index in [1.165, 1.54) is 7.11 Å². The Labute approximate surface area is 206 Å². The van der Waals surface area contributed by atoms with Crippen molar-refractivity contribution < 1.29 is 22.7 Å². The monoisotopic (exact) mass is 495 g/mol. The van der Waals surface area contributed by atoms with Crippen LogP contribution in [0.15, 0.2) is 34.7 Å². The van der Waals surface area contributed by atoms with E-state index in [1.807, 2.05) is 18.2 Å². The third-order valence-corrected chi connectivity index (χ3v) is 6.94. The molecule has 0 amide bonds. The number of fused-ring (bicyclic) bond motifs is 2. The summed E-state index contributed by atoms with van der Waals surface area (Å²) in [6.45, 7) is 2.89. The highest BCUT2D eigenvalue weighted by atomic mass is 19.1. The molecule has 0 bridgehead atoms. The minimum Gasteiger partial charge on any atom is -0.464 e. The van der Waals surface area contributed by atoms with Crippen molar-refractivity contribution in [1.29, 1.82) is 0 Å². The molecule has 0 spiro atoms. The normalized spacial score (nSPS) is 18.9. The third kappa shape index (κ3) is 4.14. The highest BCUT2D eigenvalue weighted by Gasteiger charge is 2.45. The fourth-order valence-electron chi connectivity index (χ4n) is 4.88. The number of hydrogen-bond acceptors (Lipinski definition) is 8. The van der Waals surface area contributed by atoms with Gasteiger partial charge in [0.05, 0.1) is 16.7 Å². The Kier molecular flexibility index (Phi) is 5.72. The van der Waals surface area contributed by atoms with Crippen LogP contribution in [0.1, 0.15) is 25.2 Å². The number of benzene rings is 1. The number of hydrogen-bond donors (Lipinski definition) is 1. The molecule has 2 aliphatic rings. The first kappa shape index (κ1) is 23.1. The van der Waals surface area contributed by atoms with E-state index < -0.39 is 5.82 Å². The molecule has 188 valence electrons. The number of alkyl halides is 1. The largest absolute Gasteiger partial charge is 0.464 e. The van der Waals surface area contributed by atoms with Crippen LogP contribution in [0.2, 0.25) is 0 Å². The molecule has 3 aromatic heterocycles. The van der Waals surface area contributed by atoms with Crippen LogP contribution in [0.25, 0.3) is 33.4 Å². The number of anilines is 1. The molecule has 1 aliphatic carbocycles. The van der Waals surface area contributed by atoms with Gasteiger partial charge in [-0.05, 0) is 49.6 Å². The van der Waals surface area contributed by atoms with E-state index in [1.54, 1.807) is 19.1 Å². The number of pyridine rings is 2. The van der Waals surface area contributed by atoms with Crippen LogP contribution >= 0.6 is 0 Å². The molecule has 36 heavy (non-hydrogen) atoms. The van der Waals surface area contributed by atoms with Gasteiger partial charge in [0.15, 0.2) is 29.8 Å². The molecular weight excluding hydrogens is 468 g/mol. The second-order valence-electron chi connectivity index (χ2n) is 9.59. The maximum absolute atomic E-state index is 15.3. The van der Waals surface area contributed by atoms with Crippen molar-refractivity contribution in [3.8, 4) is 17.0 Å². The van der Waals surface area contributed by atoms with Gasteiger partial charge >= 0.3 is 0 Å². The molecule has 2 fully saturated rings.